The molecule has 0 radical (unpaired) electrons. The maximum atomic E-state index is 11.7. The lowest BCUT2D eigenvalue weighted by molar-refractivity contribution is -0.121. The van der Waals surface area contributed by atoms with Crippen LogP contribution in [0.15, 0.2) is 0 Å². The van der Waals surface area contributed by atoms with Crippen molar-refractivity contribution < 1.29 is 28.6 Å². The fourth-order valence-corrected chi connectivity index (χ4v) is 3.22. The summed E-state index contributed by atoms with van der Waals surface area (Å²) < 4.78 is 16.0. The van der Waals surface area contributed by atoms with Gasteiger partial charge in [-0.3, -0.25) is 4.79 Å². The van der Waals surface area contributed by atoms with E-state index in [0.29, 0.717) is 83.1 Å². The van der Waals surface area contributed by atoms with Crippen LogP contribution in [0, 0.1) is 29.6 Å². The summed E-state index contributed by atoms with van der Waals surface area (Å²) in [6.45, 7) is 6.91. The van der Waals surface area contributed by atoms with E-state index in [-0.39, 0.29) is 5.91 Å². The number of alkyl carbamates (subject to hydrolysis) is 1. The Morgan fingerprint density at radius 1 is 1.03 bits per heavy atom. The van der Waals surface area contributed by atoms with Gasteiger partial charge in [0.25, 0.3) is 0 Å². The highest BCUT2D eigenvalue weighted by atomic mass is 16.6. The van der Waals surface area contributed by atoms with Gasteiger partial charge in [0.1, 0.15) is 6.29 Å². The van der Waals surface area contributed by atoms with E-state index in [0.717, 1.165) is 19.1 Å². The molecule has 1 rings (SSSR count). The number of unbranched alkanes of at least 4 members (excludes halogenated alkanes) is 1. The van der Waals surface area contributed by atoms with Crippen molar-refractivity contribution in [2.24, 2.45) is 17.8 Å². The summed E-state index contributed by atoms with van der Waals surface area (Å²) in [5.74, 6) is 7.56. The van der Waals surface area contributed by atoms with E-state index in [2.05, 4.69) is 29.4 Å². The maximum Gasteiger partial charge on any atom is 0.407 e. The molecular weight excluding hydrogens is 388 g/mol. The molecular formula is C22H36N2O6. The SMILES string of the molecule is CC#CCCC1C(C)[C@H]1COC(=O)NCCOCCOCCNC(=O)CCCC=O. The number of aldehydes is 1. The first-order valence-electron chi connectivity index (χ1n) is 10.8. The summed E-state index contributed by atoms with van der Waals surface area (Å²) in [7, 11) is 0. The number of hydrogen-bond donors (Lipinski definition) is 2. The number of carbonyl (C=O) groups excluding carboxylic acids is 3. The number of nitrogens with one attached hydrogen (secondary N) is 2. The Hall–Kier alpha value is -2.11. The lowest BCUT2D eigenvalue weighted by Gasteiger charge is -2.08. The second kappa shape index (κ2) is 16.7. The second-order valence-electron chi connectivity index (χ2n) is 7.31. The highest BCUT2D eigenvalue weighted by molar-refractivity contribution is 5.76. The maximum absolute atomic E-state index is 11.7. The van der Waals surface area contributed by atoms with Gasteiger partial charge < -0.3 is 29.6 Å². The zero-order valence-electron chi connectivity index (χ0n) is 18.2. The van der Waals surface area contributed by atoms with E-state index in [9.17, 15) is 14.4 Å². The summed E-state index contributed by atoms with van der Waals surface area (Å²) >= 11 is 0. The Balaban J connectivity index is 1.85. The van der Waals surface area contributed by atoms with Gasteiger partial charge in [0.2, 0.25) is 5.91 Å². The van der Waals surface area contributed by atoms with Crippen LogP contribution in [0.25, 0.3) is 0 Å². The van der Waals surface area contributed by atoms with Crippen LogP contribution >= 0.6 is 0 Å². The molecule has 1 fully saturated rings. The van der Waals surface area contributed by atoms with Crippen LogP contribution in [-0.2, 0) is 23.8 Å². The summed E-state index contributed by atoms with van der Waals surface area (Å²) in [6, 6.07) is 0. The van der Waals surface area contributed by atoms with Crippen molar-refractivity contribution in [3.63, 3.8) is 0 Å². The molecule has 0 saturated heterocycles. The van der Waals surface area contributed by atoms with E-state index < -0.39 is 6.09 Å². The van der Waals surface area contributed by atoms with Crippen LogP contribution < -0.4 is 10.6 Å². The first kappa shape index (κ1) is 25.9. The van der Waals surface area contributed by atoms with Gasteiger partial charge in [-0.1, -0.05) is 6.92 Å². The van der Waals surface area contributed by atoms with Crippen molar-refractivity contribution in [2.75, 3.05) is 46.1 Å². The Morgan fingerprint density at radius 2 is 1.73 bits per heavy atom. The number of hydrogen-bond acceptors (Lipinski definition) is 6. The number of rotatable bonds is 17. The average Bonchev–Trinajstić information content (AvgIpc) is 3.35. The van der Waals surface area contributed by atoms with Gasteiger partial charge in [0.05, 0.1) is 33.0 Å². The van der Waals surface area contributed by atoms with Gasteiger partial charge >= 0.3 is 6.09 Å². The van der Waals surface area contributed by atoms with Gasteiger partial charge in [-0.05, 0) is 37.5 Å². The van der Waals surface area contributed by atoms with Crippen molar-refractivity contribution >= 4 is 18.3 Å². The van der Waals surface area contributed by atoms with Crippen molar-refractivity contribution in [3.05, 3.63) is 0 Å². The van der Waals surface area contributed by atoms with Gasteiger partial charge in [-0.2, -0.15) is 0 Å². The molecule has 0 spiro atoms. The van der Waals surface area contributed by atoms with E-state index in [1.807, 2.05) is 6.92 Å². The third-order valence-corrected chi connectivity index (χ3v) is 5.13. The Kier molecular flexibility index (Phi) is 14.4. The predicted molar refractivity (Wildman–Crippen MR) is 113 cm³/mol. The van der Waals surface area contributed by atoms with Crippen LogP contribution in [0.3, 0.4) is 0 Å². The van der Waals surface area contributed by atoms with Gasteiger partial charge in [-0.15, -0.1) is 11.8 Å². The summed E-state index contributed by atoms with van der Waals surface area (Å²) in [4.78, 5) is 33.3. The van der Waals surface area contributed by atoms with E-state index in [1.54, 1.807) is 0 Å². The van der Waals surface area contributed by atoms with E-state index in [4.69, 9.17) is 14.2 Å². The monoisotopic (exact) mass is 424 g/mol. The molecule has 3 atom stereocenters. The number of carbonyl (C=O) groups is 3. The lowest BCUT2D eigenvalue weighted by atomic mass is 10.2. The lowest BCUT2D eigenvalue weighted by Crippen LogP contribution is -2.29. The van der Waals surface area contributed by atoms with Crippen molar-refractivity contribution in [1.82, 2.24) is 10.6 Å². The fourth-order valence-electron chi connectivity index (χ4n) is 3.22. The summed E-state index contributed by atoms with van der Waals surface area (Å²) in [5, 5.41) is 5.39. The zero-order valence-corrected chi connectivity index (χ0v) is 18.2. The normalized spacial score (nSPS) is 19.3. The molecule has 30 heavy (non-hydrogen) atoms. The predicted octanol–water partition coefficient (Wildman–Crippen LogP) is 1.92. The zero-order chi connectivity index (χ0) is 22.0. The summed E-state index contributed by atoms with van der Waals surface area (Å²) in [6.07, 6.45) is 3.71. The third-order valence-electron chi connectivity index (χ3n) is 5.13. The average molecular weight is 425 g/mol. The minimum Gasteiger partial charge on any atom is -0.449 e. The molecule has 2 unspecified atom stereocenters. The first-order valence-corrected chi connectivity index (χ1v) is 10.8. The molecule has 8 nitrogen and oxygen atoms in total. The minimum absolute atomic E-state index is 0.0767. The molecule has 1 aliphatic rings. The minimum atomic E-state index is -0.412. The molecule has 1 aliphatic carbocycles. The molecule has 0 aromatic heterocycles. The fraction of sp³-hybridized carbons (Fsp3) is 0.773. The quantitative estimate of drug-likeness (QED) is 0.210. The van der Waals surface area contributed by atoms with E-state index >= 15 is 0 Å². The standard InChI is InChI=1S/C22H36N2O6/c1-3-4-5-8-19-18(2)20(19)17-30-22(27)24-11-14-29-16-15-28-13-10-23-21(26)9-6-7-12-25/h12,18-20H,5-11,13-17H2,1-2H3,(H,23,26)(H,24,27)/t18?,19?,20-/m1/s1. The Morgan fingerprint density at radius 3 is 2.40 bits per heavy atom. The molecule has 2 N–H and O–H groups in total. The van der Waals surface area contributed by atoms with Crippen LogP contribution in [0.5, 0.6) is 0 Å². The smallest absolute Gasteiger partial charge is 0.407 e. The van der Waals surface area contributed by atoms with Gasteiger partial charge in [0.15, 0.2) is 0 Å². The largest absolute Gasteiger partial charge is 0.449 e. The molecule has 0 aromatic carbocycles. The number of ether oxygens (including phenoxy) is 3. The summed E-state index contributed by atoms with van der Waals surface area (Å²) in [5.41, 5.74) is 0. The van der Waals surface area contributed by atoms with Crippen molar-refractivity contribution in [1.29, 1.82) is 0 Å². The molecule has 2 amide bonds. The topological polar surface area (TPSA) is 103 Å². The molecule has 170 valence electrons. The molecule has 8 heteroatoms. The van der Waals surface area contributed by atoms with Gasteiger partial charge in [-0.25, -0.2) is 4.79 Å². The third kappa shape index (κ3) is 12.5. The second-order valence-corrected chi connectivity index (χ2v) is 7.31. The number of amides is 2. The van der Waals surface area contributed by atoms with Crippen LogP contribution in [0.4, 0.5) is 4.79 Å². The molecule has 0 aliphatic heterocycles. The van der Waals surface area contributed by atoms with Crippen LogP contribution in [0.1, 0.15) is 46.0 Å². The van der Waals surface area contributed by atoms with Crippen LogP contribution in [0.2, 0.25) is 0 Å². The highest BCUT2D eigenvalue weighted by Crippen LogP contribution is 2.48. The first-order chi connectivity index (χ1) is 14.6. The molecule has 0 aromatic rings. The van der Waals surface area contributed by atoms with Crippen molar-refractivity contribution in [3.8, 4) is 11.8 Å². The highest BCUT2D eigenvalue weighted by Gasteiger charge is 2.46. The van der Waals surface area contributed by atoms with Crippen molar-refractivity contribution in [2.45, 2.75) is 46.0 Å². The molecule has 0 bridgehead atoms. The Labute approximate surface area is 179 Å². The van der Waals surface area contributed by atoms with E-state index in [1.165, 1.54) is 0 Å². The molecule has 0 heterocycles. The van der Waals surface area contributed by atoms with Gasteiger partial charge in [0, 0.05) is 32.4 Å². The Bertz CT molecular complexity index is 572. The van der Waals surface area contributed by atoms with Crippen LogP contribution in [-0.4, -0.2) is 64.4 Å². The molecule has 1 saturated carbocycles.